The lowest BCUT2D eigenvalue weighted by molar-refractivity contribution is 0.146. The fourth-order valence-corrected chi connectivity index (χ4v) is 3.46. The summed E-state index contributed by atoms with van der Waals surface area (Å²) in [6.45, 7) is 1.42. The molecule has 0 fully saturated rings. The molecule has 1 unspecified atom stereocenters. The van der Waals surface area contributed by atoms with Crippen LogP contribution >= 0.6 is 11.8 Å². The maximum atomic E-state index is 12.1. The van der Waals surface area contributed by atoms with Crippen molar-refractivity contribution in [3.05, 3.63) is 59.9 Å². The quantitative estimate of drug-likeness (QED) is 0.715. The standard InChI is InChI=1S/C19H22N4O3S/c1-25-9-10-26-16-4-2-3-14(11-16)12-21-18(24)23-19-22-17(13-27-19)15-5-7-20-8-6-15/h2-8,11,17H,9-10,12-13H2,1H3,(H2,21,22,23,24). The number of amides is 2. The monoisotopic (exact) mass is 386 g/mol. The molecular formula is C19H22N4O3S. The fraction of sp³-hybridized carbons (Fsp3) is 0.316. The summed E-state index contributed by atoms with van der Waals surface area (Å²) in [5.41, 5.74) is 2.05. The maximum Gasteiger partial charge on any atom is 0.321 e. The molecule has 142 valence electrons. The number of thioether (sulfide) groups is 1. The fourth-order valence-electron chi connectivity index (χ4n) is 2.51. The van der Waals surface area contributed by atoms with Crippen LogP contribution in [-0.2, 0) is 11.3 Å². The molecule has 1 aliphatic rings. The van der Waals surface area contributed by atoms with Gasteiger partial charge in [-0.3, -0.25) is 15.3 Å². The van der Waals surface area contributed by atoms with Crippen LogP contribution in [0.1, 0.15) is 17.2 Å². The first-order valence-corrected chi connectivity index (χ1v) is 9.59. The number of hydrogen-bond acceptors (Lipinski definition) is 6. The molecule has 3 rings (SSSR count). The minimum absolute atomic E-state index is 0.0502. The first-order chi connectivity index (χ1) is 13.2. The van der Waals surface area contributed by atoms with Crippen molar-refractivity contribution in [2.24, 2.45) is 4.99 Å². The number of carbonyl (C=O) groups excluding carboxylic acids is 1. The number of aromatic nitrogens is 1. The number of hydrogen-bond donors (Lipinski definition) is 2. The summed E-state index contributed by atoms with van der Waals surface area (Å²) in [5.74, 6) is 1.56. The summed E-state index contributed by atoms with van der Waals surface area (Å²) in [6, 6.07) is 11.3. The first kappa shape index (κ1) is 19.2. The molecule has 1 atom stereocenters. The van der Waals surface area contributed by atoms with E-state index in [0.717, 1.165) is 22.6 Å². The van der Waals surface area contributed by atoms with Gasteiger partial charge in [-0.1, -0.05) is 23.9 Å². The van der Waals surface area contributed by atoms with Gasteiger partial charge in [-0.05, 0) is 35.4 Å². The lowest BCUT2D eigenvalue weighted by Crippen LogP contribution is -2.37. The number of carbonyl (C=O) groups is 1. The predicted molar refractivity (Wildman–Crippen MR) is 106 cm³/mol. The van der Waals surface area contributed by atoms with E-state index in [1.807, 2.05) is 36.4 Å². The SMILES string of the molecule is COCCOc1cccc(CNC(=O)NC2=NC(c3ccncc3)CS2)c1. The first-order valence-electron chi connectivity index (χ1n) is 8.60. The number of nitrogens with zero attached hydrogens (tertiary/aromatic N) is 2. The molecule has 0 saturated heterocycles. The van der Waals surface area contributed by atoms with E-state index in [-0.39, 0.29) is 12.1 Å². The van der Waals surface area contributed by atoms with Gasteiger partial charge in [-0.2, -0.15) is 0 Å². The van der Waals surface area contributed by atoms with Gasteiger partial charge in [-0.25, -0.2) is 4.79 Å². The Labute approximate surface area is 162 Å². The molecule has 2 N–H and O–H groups in total. The van der Waals surface area contributed by atoms with Crippen molar-refractivity contribution in [2.75, 3.05) is 26.1 Å². The van der Waals surface area contributed by atoms with Crippen molar-refractivity contribution in [1.29, 1.82) is 0 Å². The van der Waals surface area contributed by atoms with Crippen LogP contribution in [0.4, 0.5) is 4.79 Å². The number of methoxy groups -OCH3 is 1. The zero-order valence-electron chi connectivity index (χ0n) is 15.1. The van der Waals surface area contributed by atoms with Gasteiger partial charge in [0.05, 0.1) is 12.6 Å². The molecule has 2 amide bonds. The van der Waals surface area contributed by atoms with Crippen LogP contribution in [0.15, 0.2) is 53.8 Å². The Bertz CT molecular complexity index is 786. The van der Waals surface area contributed by atoms with E-state index in [0.29, 0.717) is 24.9 Å². The van der Waals surface area contributed by atoms with Crippen molar-refractivity contribution in [2.45, 2.75) is 12.6 Å². The van der Waals surface area contributed by atoms with Gasteiger partial charge in [0.1, 0.15) is 12.4 Å². The molecule has 1 aromatic carbocycles. The number of urea groups is 1. The molecule has 0 bridgehead atoms. The number of rotatable bonds is 7. The molecule has 0 saturated carbocycles. The largest absolute Gasteiger partial charge is 0.491 e. The van der Waals surface area contributed by atoms with Crippen LogP contribution in [-0.4, -0.2) is 42.3 Å². The molecule has 1 aromatic heterocycles. The Morgan fingerprint density at radius 3 is 2.93 bits per heavy atom. The second-order valence-electron chi connectivity index (χ2n) is 5.84. The van der Waals surface area contributed by atoms with E-state index in [1.54, 1.807) is 19.5 Å². The zero-order chi connectivity index (χ0) is 18.9. The highest BCUT2D eigenvalue weighted by atomic mass is 32.2. The summed E-state index contributed by atoms with van der Waals surface area (Å²) in [4.78, 5) is 20.7. The summed E-state index contributed by atoms with van der Waals surface area (Å²) in [6.07, 6.45) is 3.50. The van der Waals surface area contributed by atoms with Gasteiger partial charge in [0.25, 0.3) is 0 Å². The van der Waals surface area contributed by atoms with E-state index in [4.69, 9.17) is 9.47 Å². The smallest absolute Gasteiger partial charge is 0.321 e. The Balaban J connectivity index is 1.47. The van der Waals surface area contributed by atoms with Crippen LogP contribution in [0.3, 0.4) is 0 Å². The highest BCUT2D eigenvalue weighted by Crippen LogP contribution is 2.28. The second-order valence-corrected chi connectivity index (χ2v) is 6.85. The van der Waals surface area contributed by atoms with Gasteiger partial charge in [0.2, 0.25) is 0 Å². The number of amidine groups is 1. The molecule has 2 aromatic rings. The Hall–Kier alpha value is -2.58. The average Bonchev–Trinajstić information content (AvgIpc) is 3.16. The van der Waals surface area contributed by atoms with Crippen molar-refractivity contribution in [3.8, 4) is 5.75 Å². The van der Waals surface area contributed by atoms with Crippen molar-refractivity contribution >= 4 is 23.0 Å². The van der Waals surface area contributed by atoms with Crippen molar-refractivity contribution < 1.29 is 14.3 Å². The second kappa shape index (κ2) is 9.94. The highest BCUT2D eigenvalue weighted by Gasteiger charge is 2.21. The molecule has 7 nitrogen and oxygen atoms in total. The van der Waals surface area contributed by atoms with Gasteiger partial charge in [0, 0.05) is 31.8 Å². The Morgan fingerprint density at radius 1 is 1.26 bits per heavy atom. The molecule has 2 heterocycles. The Morgan fingerprint density at radius 2 is 2.11 bits per heavy atom. The maximum absolute atomic E-state index is 12.1. The van der Waals surface area contributed by atoms with Crippen LogP contribution in [0, 0.1) is 0 Å². The van der Waals surface area contributed by atoms with Crippen LogP contribution in [0.5, 0.6) is 5.75 Å². The summed E-state index contributed by atoms with van der Waals surface area (Å²) < 4.78 is 10.5. The highest BCUT2D eigenvalue weighted by molar-refractivity contribution is 8.14. The molecule has 0 radical (unpaired) electrons. The summed E-state index contributed by atoms with van der Waals surface area (Å²) in [7, 11) is 1.63. The minimum atomic E-state index is -0.276. The third-order valence-corrected chi connectivity index (χ3v) is 4.83. The predicted octanol–water partition coefficient (Wildman–Crippen LogP) is 2.75. The number of ether oxygens (including phenoxy) is 2. The number of nitrogens with one attached hydrogen (secondary N) is 2. The normalized spacial score (nSPS) is 15.9. The van der Waals surface area contributed by atoms with E-state index < -0.39 is 0 Å². The lowest BCUT2D eigenvalue weighted by Gasteiger charge is -2.09. The molecule has 8 heteroatoms. The minimum Gasteiger partial charge on any atom is -0.491 e. The number of benzene rings is 1. The van der Waals surface area contributed by atoms with Gasteiger partial charge in [0.15, 0.2) is 5.17 Å². The topological polar surface area (TPSA) is 84.8 Å². The zero-order valence-corrected chi connectivity index (χ0v) is 15.9. The van der Waals surface area contributed by atoms with Gasteiger partial charge >= 0.3 is 6.03 Å². The average molecular weight is 386 g/mol. The third-order valence-electron chi connectivity index (χ3n) is 3.87. The van der Waals surface area contributed by atoms with Crippen molar-refractivity contribution in [3.63, 3.8) is 0 Å². The van der Waals surface area contributed by atoms with Crippen molar-refractivity contribution in [1.82, 2.24) is 15.6 Å². The number of pyridine rings is 1. The van der Waals surface area contributed by atoms with Crippen LogP contribution in [0.2, 0.25) is 0 Å². The summed E-state index contributed by atoms with van der Waals surface area (Å²) >= 11 is 1.53. The van der Waals surface area contributed by atoms with Crippen LogP contribution in [0.25, 0.3) is 0 Å². The third kappa shape index (κ3) is 5.97. The summed E-state index contributed by atoms with van der Waals surface area (Å²) in [5, 5.41) is 6.28. The Kier molecular flexibility index (Phi) is 7.06. The van der Waals surface area contributed by atoms with Gasteiger partial charge in [-0.15, -0.1) is 0 Å². The number of aliphatic imine (C=N–C) groups is 1. The van der Waals surface area contributed by atoms with E-state index >= 15 is 0 Å². The molecule has 0 aliphatic carbocycles. The molecule has 1 aliphatic heterocycles. The molecule has 0 spiro atoms. The van der Waals surface area contributed by atoms with Gasteiger partial charge < -0.3 is 14.8 Å². The van der Waals surface area contributed by atoms with E-state index in [2.05, 4.69) is 20.6 Å². The molecule has 27 heavy (non-hydrogen) atoms. The lowest BCUT2D eigenvalue weighted by atomic mass is 10.1. The van der Waals surface area contributed by atoms with E-state index in [1.165, 1.54) is 11.8 Å². The van der Waals surface area contributed by atoms with E-state index in [9.17, 15) is 4.79 Å². The van der Waals surface area contributed by atoms with Crippen LogP contribution < -0.4 is 15.4 Å². The molecular weight excluding hydrogens is 364 g/mol.